The van der Waals surface area contributed by atoms with E-state index < -0.39 is 0 Å². The molecule has 1 aliphatic rings. The van der Waals surface area contributed by atoms with Gasteiger partial charge in [-0.05, 0) is 44.2 Å². The van der Waals surface area contributed by atoms with Gasteiger partial charge in [0.25, 0.3) is 5.91 Å². The zero-order valence-corrected chi connectivity index (χ0v) is 19.1. The first-order valence-corrected chi connectivity index (χ1v) is 10.9. The van der Waals surface area contributed by atoms with Crippen molar-refractivity contribution in [3.8, 4) is 17.2 Å². The first-order valence-electron chi connectivity index (χ1n) is 9.00. The Balaban J connectivity index is 1.70. The van der Waals surface area contributed by atoms with Crippen molar-refractivity contribution in [2.45, 2.75) is 18.3 Å². The van der Waals surface area contributed by atoms with Crippen molar-refractivity contribution in [3.63, 3.8) is 0 Å². The van der Waals surface area contributed by atoms with E-state index in [1.54, 1.807) is 22.7 Å². The molecule has 0 saturated heterocycles. The average molecular weight is 524 g/mol. The minimum Gasteiger partial charge on any atom is -0.454 e. The molecule has 0 N–H and O–H groups in total. The maximum atomic E-state index is 13.2. The van der Waals surface area contributed by atoms with Crippen LogP contribution in [0.2, 0.25) is 5.02 Å². The first kappa shape index (κ1) is 20.0. The Morgan fingerprint density at radius 1 is 1.28 bits per heavy atom. The van der Waals surface area contributed by atoms with Crippen LogP contribution in [0.25, 0.3) is 5.69 Å². The number of amides is 1. The second-order valence-electron chi connectivity index (χ2n) is 6.74. The van der Waals surface area contributed by atoms with E-state index in [0.717, 1.165) is 28.3 Å². The Labute approximate surface area is 187 Å². The number of alkyl halides is 1. The number of halogens is 2. The van der Waals surface area contributed by atoms with Gasteiger partial charge in [0.15, 0.2) is 11.5 Å². The van der Waals surface area contributed by atoms with Gasteiger partial charge in [-0.2, -0.15) is 5.10 Å². The Hall–Kier alpha value is -2.26. The van der Waals surface area contributed by atoms with E-state index in [9.17, 15) is 4.79 Å². The van der Waals surface area contributed by atoms with Crippen LogP contribution < -0.4 is 14.4 Å². The van der Waals surface area contributed by atoms with E-state index in [1.165, 1.54) is 0 Å². The van der Waals surface area contributed by atoms with Gasteiger partial charge in [0.2, 0.25) is 6.79 Å². The number of hydrogen-bond donors (Lipinski definition) is 0. The second kappa shape index (κ2) is 7.87. The highest BCUT2D eigenvalue weighted by Crippen LogP contribution is 2.42. The number of hydrogen-bond acceptors (Lipinski definition) is 4. The van der Waals surface area contributed by atoms with Crippen molar-refractivity contribution in [1.29, 1.82) is 0 Å². The molecule has 0 fully saturated rings. The minimum absolute atomic E-state index is 0.121. The lowest BCUT2D eigenvalue weighted by Crippen LogP contribution is -2.27. The summed E-state index contributed by atoms with van der Waals surface area (Å²) >= 11 is 8.55. The van der Waals surface area contributed by atoms with Crippen molar-refractivity contribution in [2.75, 3.05) is 18.7 Å². The molecular formula is C21H19ClIN3O3. The molecular weight excluding hydrogens is 505 g/mol. The number of fused-ring (bicyclic) bond motifs is 1. The molecule has 0 aliphatic carbocycles. The third-order valence-corrected chi connectivity index (χ3v) is 6.27. The predicted octanol–water partition coefficient (Wildman–Crippen LogP) is 5.08. The summed E-state index contributed by atoms with van der Waals surface area (Å²) in [6.07, 6.45) is 0. The molecule has 0 saturated carbocycles. The number of anilines is 1. The van der Waals surface area contributed by atoms with Gasteiger partial charge in [-0.1, -0.05) is 40.3 Å². The number of benzene rings is 2. The van der Waals surface area contributed by atoms with Crippen LogP contribution in [0.3, 0.4) is 0 Å². The van der Waals surface area contributed by atoms with Crippen molar-refractivity contribution in [2.24, 2.45) is 0 Å². The highest BCUT2D eigenvalue weighted by molar-refractivity contribution is 14.1. The minimum atomic E-state index is -0.121. The number of nitrogens with zero attached hydrogens (tertiary/aromatic N) is 3. The van der Waals surface area contributed by atoms with Gasteiger partial charge in [-0.25, -0.2) is 4.68 Å². The van der Waals surface area contributed by atoms with Gasteiger partial charge in [-0.15, -0.1) is 0 Å². The standard InChI is InChI=1S/C21H19ClIN3O3/c1-12-19(22)13(2)26(24-12)15-6-4-5-14(9-15)21(27)25(3)17-7-8-18-20(16(17)10-23)29-11-28-18/h4-9H,10-11H2,1-3H3. The topological polar surface area (TPSA) is 56.6 Å². The van der Waals surface area contributed by atoms with Crippen molar-refractivity contribution in [3.05, 3.63) is 63.9 Å². The predicted molar refractivity (Wildman–Crippen MR) is 121 cm³/mol. The number of ether oxygens (including phenoxy) is 2. The summed E-state index contributed by atoms with van der Waals surface area (Å²) in [5.41, 5.74) is 4.68. The zero-order valence-electron chi connectivity index (χ0n) is 16.2. The molecule has 4 rings (SSSR count). The number of carbonyl (C=O) groups excluding carboxylic acids is 1. The SMILES string of the molecule is Cc1nn(-c2cccc(C(=O)N(C)c3ccc4c(c3CI)OCO4)c2)c(C)c1Cl. The van der Waals surface area contributed by atoms with Crippen LogP contribution >= 0.6 is 34.2 Å². The molecule has 1 aromatic heterocycles. The maximum absolute atomic E-state index is 13.2. The summed E-state index contributed by atoms with van der Waals surface area (Å²) in [7, 11) is 1.77. The number of aryl methyl sites for hydroxylation is 1. The van der Waals surface area contributed by atoms with E-state index in [1.807, 2.05) is 44.2 Å². The molecule has 0 unspecified atom stereocenters. The van der Waals surface area contributed by atoms with Crippen LogP contribution in [-0.2, 0) is 4.43 Å². The van der Waals surface area contributed by atoms with Gasteiger partial charge in [-0.3, -0.25) is 4.79 Å². The van der Waals surface area contributed by atoms with Crippen LogP contribution in [0, 0.1) is 13.8 Å². The fourth-order valence-electron chi connectivity index (χ4n) is 3.41. The van der Waals surface area contributed by atoms with Gasteiger partial charge in [0.1, 0.15) is 0 Å². The van der Waals surface area contributed by atoms with Crippen LogP contribution in [0.15, 0.2) is 36.4 Å². The molecule has 1 aliphatic heterocycles. The highest BCUT2D eigenvalue weighted by atomic mass is 127. The summed E-state index contributed by atoms with van der Waals surface area (Å²) in [6, 6.07) is 11.1. The number of rotatable bonds is 4. The smallest absolute Gasteiger partial charge is 0.258 e. The summed E-state index contributed by atoms with van der Waals surface area (Å²) < 4.78 is 13.5. The zero-order chi connectivity index (χ0) is 20.7. The molecule has 8 heteroatoms. The van der Waals surface area contributed by atoms with E-state index in [0.29, 0.717) is 26.5 Å². The largest absolute Gasteiger partial charge is 0.454 e. The van der Waals surface area contributed by atoms with E-state index >= 15 is 0 Å². The van der Waals surface area contributed by atoms with Gasteiger partial charge in [0.05, 0.1) is 27.8 Å². The van der Waals surface area contributed by atoms with Crippen molar-refractivity contribution >= 4 is 45.8 Å². The maximum Gasteiger partial charge on any atom is 0.258 e. The van der Waals surface area contributed by atoms with Crippen LogP contribution in [0.4, 0.5) is 5.69 Å². The molecule has 150 valence electrons. The molecule has 0 bridgehead atoms. The molecule has 0 spiro atoms. The van der Waals surface area contributed by atoms with Crippen molar-refractivity contribution in [1.82, 2.24) is 9.78 Å². The third kappa shape index (κ3) is 3.46. The molecule has 2 aromatic carbocycles. The lowest BCUT2D eigenvalue weighted by Gasteiger charge is -2.21. The summed E-state index contributed by atoms with van der Waals surface area (Å²) in [5.74, 6) is 1.30. The van der Waals surface area contributed by atoms with Gasteiger partial charge in [0, 0.05) is 22.6 Å². The highest BCUT2D eigenvalue weighted by Gasteiger charge is 2.24. The quantitative estimate of drug-likeness (QED) is 0.353. The summed E-state index contributed by atoms with van der Waals surface area (Å²) in [4.78, 5) is 14.9. The Morgan fingerprint density at radius 3 is 2.76 bits per heavy atom. The molecule has 29 heavy (non-hydrogen) atoms. The fourth-order valence-corrected chi connectivity index (χ4v) is 4.27. The first-order chi connectivity index (χ1) is 13.9. The molecule has 1 amide bonds. The molecule has 2 heterocycles. The molecule has 3 aromatic rings. The summed E-state index contributed by atoms with van der Waals surface area (Å²) in [6.45, 7) is 3.97. The fraction of sp³-hybridized carbons (Fsp3) is 0.238. The average Bonchev–Trinajstić information content (AvgIpc) is 3.32. The van der Waals surface area contributed by atoms with Crippen molar-refractivity contribution < 1.29 is 14.3 Å². The molecule has 0 atom stereocenters. The molecule has 6 nitrogen and oxygen atoms in total. The molecule has 0 radical (unpaired) electrons. The lowest BCUT2D eigenvalue weighted by atomic mass is 10.1. The van der Waals surface area contributed by atoms with Crippen LogP contribution in [-0.4, -0.2) is 29.5 Å². The lowest BCUT2D eigenvalue weighted by molar-refractivity contribution is 0.0993. The normalized spacial score (nSPS) is 12.3. The monoisotopic (exact) mass is 523 g/mol. The van der Waals surface area contributed by atoms with Crippen LogP contribution in [0.5, 0.6) is 11.5 Å². The van der Waals surface area contributed by atoms with Gasteiger partial charge >= 0.3 is 0 Å². The van der Waals surface area contributed by atoms with E-state index in [4.69, 9.17) is 21.1 Å². The third-order valence-electron chi connectivity index (χ3n) is 4.96. The van der Waals surface area contributed by atoms with E-state index in [-0.39, 0.29) is 12.7 Å². The number of aromatic nitrogens is 2. The van der Waals surface area contributed by atoms with Gasteiger partial charge < -0.3 is 14.4 Å². The Bertz CT molecular complexity index is 1110. The second-order valence-corrected chi connectivity index (χ2v) is 7.88. The Kier molecular flexibility index (Phi) is 5.44. The van der Waals surface area contributed by atoms with E-state index in [2.05, 4.69) is 27.7 Å². The summed E-state index contributed by atoms with van der Waals surface area (Å²) in [5, 5.41) is 5.11. The Morgan fingerprint density at radius 2 is 2.07 bits per heavy atom. The van der Waals surface area contributed by atoms with Crippen LogP contribution in [0.1, 0.15) is 27.3 Å². The number of carbonyl (C=O) groups is 1.